The van der Waals surface area contributed by atoms with E-state index in [0.29, 0.717) is 0 Å². The van der Waals surface area contributed by atoms with Gasteiger partial charge < -0.3 is 10.1 Å². The number of hydrogen-bond acceptors (Lipinski definition) is 3. The second kappa shape index (κ2) is 3.95. The summed E-state index contributed by atoms with van der Waals surface area (Å²) in [6.45, 7) is 3.98. The third kappa shape index (κ3) is 2.42. The molecule has 0 saturated carbocycles. The van der Waals surface area contributed by atoms with Gasteiger partial charge in [-0.05, 0) is 13.8 Å². The first-order valence-corrected chi connectivity index (χ1v) is 4.02. The van der Waals surface area contributed by atoms with Crippen LogP contribution >= 0.6 is 0 Å². The van der Waals surface area contributed by atoms with Crippen molar-refractivity contribution in [2.75, 3.05) is 12.4 Å². The first-order chi connectivity index (χ1) is 5.72. The van der Waals surface area contributed by atoms with Crippen molar-refractivity contribution in [3.8, 4) is 5.75 Å². The van der Waals surface area contributed by atoms with E-state index in [9.17, 15) is 0 Å². The quantitative estimate of drug-likeness (QED) is 0.744. The highest BCUT2D eigenvalue weighted by atomic mass is 16.5. The van der Waals surface area contributed by atoms with Crippen LogP contribution in [-0.4, -0.2) is 18.1 Å². The molecule has 0 aliphatic heterocycles. The maximum absolute atomic E-state index is 5.45. The second-order valence-corrected chi connectivity index (χ2v) is 2.83. The van der Waals surface area contributed by atoms with Crippen LogP contribution < -0.4 is 10.1 Å². The Bertz CT molecular complexity index is 248. The molecule has 0 spiro atoms. The van der Waals surface area contributed by atoms with E-state index in [0.717, 1.165) is 11.4 Å². The minimum atomic E-state index is 0.193. The van der Waals surface area contributed by atoms with Gasteiger partial charge in [0.15, 0.2) is 0 Å². The summed E-state index contributed by atoms with van der Waals surface area (Å²) in [5.41, 5.74) is 0.966. The molecule has 0 fully saturated rings. The summed E-state index contributed by atoms with van der Waals surface area (Å²) >= 11 is 0. The van der Waals surface area contributed by atoms with E-state index in [2.05, 4.69) is 10.3 Å². The lowest BCUT2D eigenvalue weighted by Gasteiger charge is -2.09. The minimum Gasteiger partial charge on any atom is -0.489 e. The average Bonchev–Trinajstić information content (AvgIpc) is 2.03. The summed E-state index contributed by atoms with van der Waals surface area (Å²) < 4.78 is 5.45. The van der Waals surface area contributed by atoms with Gasteiger partial charge in [-0.3, -0.25) is 4.98 Å². The fourth-order valence-corrected chi connectivity index (χ4v) is 0.892. The van der Waals surface area contributed by atoms with Gasteiger partial charge in [0.2, 0.25) is 0 Å². The molecule has 0 bridgehead atoms. The maximum Gasteiger partial charge on any atom is 0.140 e. The number of ether oxygens (including phenoxy) is 1. The molecule has 1 N–H and O–H groups in total. The van der Waals surface area contributed by atoms with Crippen molar-refractivity contribution in [2.24, 2.45) is 0 Å². The molecule has 1 aromatic heterocycles. The third-order valence-electron chi connectivity index (χ3n) is 1.37. The van der Waals surface area contributed by atoms with Crippen LogP contribution in [0.3, 0.4) is 0 Å². The Morgan fingerprint density at radius 3 is 2.75 bits per heavy atom. The van der Waals surface area contributed by atoms with E-state index < -0.39 is 0 Å². The Morgan fingerprint density at radius 1 is 1.42 bits per heavy atom. The number of hydrogen-bond donors (Lipinski definition) is 1. The lowest BCUT2D eigenvalue weighted by molar-refractivity contribution is 0.241. The molecule has 0 aliphatic carbocycles. The van der Waals surface area contributed by atoms with Gasteiger partial charge in [-0.2, -0.15) is 0 Å². The zero-order valence-electron chi connectivity index (χ0n) is 7.66. The van der Waals surface area contributed by atoms with Crippen LogP contribution in [-0.2, 0) is 0 Å². The Balaban J connectivity index is 2.72. The Hall–Kier alpha value is -1.25. The van der Waals surface area contributed by atoms with Crippen molar-refractivity contribution in [3.63, 3.8) is 0 Å². The summed E-state index contributed by atoms with van der Waals surface area (Å²) in [5.74, 6) is 0.803. The second-order valence-electron chi connectivity index (χ2n) is 2.83. The Kier molecular flexibility index (Phi) is 2.91. The molecule has 66 valence electrons. The van der Waals surface area contributed by atoms with E-state index >= 15 is 0 Å². The van der Waals surface area contributed by atoms with Crippen LogP contribution in [0.4, 0.5) is 5.69 Å². The molecule has 1 heterocycles. The molecular formula is C9H14N2O. The van der Waals surface area contributed by atoms with Gasteiger partial charge in [-0.15, -0.1) is 0 Å². The molecule has 0 unspecified atom stereocenters. The van der Waals surface area contributed by atoms with Crippen molar-refractivity contribution in [2.45, 2.75) is 20.0 Å². The summed E-state index contributed by atoms with van der Waals surface area (Å²) in [7, 11) is 1.86. The van der Waals surface area contributed by atoms with Gasteiger partial charge in [0, 0.05) is 13.1 Å². The summed E-state index contributed by atoms with van der Waals surface area (Å²) in [6.07, 6.45) is 3.66. The topological polar surface area (TPSA) is 34.2 Å². The molecule has 3 nitrogen and oxygen atoms in total. The minimum absolute atomic E-state index is 0.193. The molecule has 0 aromatic carbocycles. The highest BCUT2D eigenvalue weighted by Crippen LogP contribution is 2.15. The predicted octanol–water partition coefficient (Wildman–Crippen LogP) is 1.91. The standard InChI is InChI=1S/C9H14N2O/c1-7(2)12-9-4-8(10-3)5-11-6-9/h4-7,10H,1-3H3. The molecule has 0 saturated heterocycles. The van der Waals surface area contributed by atoms with E-state index in [1.807, 2.05) is 27.0 Å². The SMILES string of the molecule is CNc1cncc(OC(C)C)c1. The molecule has 0 amide bonds. The van der Waals surface area contributed by atoms with Crippen molar-refractivity contribution < 1.29 is 4.74 Å². The fourth-order valence-electron chi connectivity index (χ4n) is 0.892. The number of aromatic nitrogens is 1. The van der Waals surface area contributed by atoms with Gasteiger partial charge in [0.05, 0.1) is 24.2 Å². The molecular weight excluding hydrogens is 152 g/mol. The summed E-state index contributed by atoms with van der Waals surface area (Å²) in [6, 6.07) is 1.92. The van der Waals surface area contributed by atoms with Crippen molar-refractivity contribution in [1.29, 1.82) is 0 Å². The fraction of sp³-hybridized carbons (Fsp3) is 0.444. The summed E-state index contributed by atoms with van der Waals surface area (Å²) in [5, 5.41) is 3.00. The molecule has 0 atom stereocenters. The van der Waals surface area contributed by atoms with Crippen LogP contribution in [0.1, 0.15) is 13.8 Å². The molecule has 1 rings (SSSR count). The van der Waals surface area contributed by atoms with Crippen molar-refractivity contribution in [3.05, 3.63) is 18.5 Å². The number of nitrogens with one attached hydrogen (secondary N) is 1. The van der Waals surface area contributed by atoms with E-state index in [-0.39, 0.29) is 6.10 Å². The van der Waals surface area contributed by atoms with Gasteiger partial charge in [0.25, 0.3) is 0 Å². The van der Waals surface area contributed by atoms with E-state index in [1.54, 1.807) is 12.4 Å². The Labute approximate surface area is 72.8 Å². The van der Waals surface area contributed by atoms with E-state index in [4.69, 9.17) is 4.74 Å². The van der Waals surface area contributed by atoms with Gasteiger partial charge in [-0.1, -0.05) is 0 Å². The van der Waals surface area contributed by atoms with Crippen LogP contribution in [0.15, 0.2) is 18.5 Å². The van der Waals surface area contributed by atoms with Crippen LogP contribution in [0.5, 0.6) is 5.75 Å². The van der Waals surface area contributed by atoms with E-state index in [1.165, 1.54) is 0 Å². The first kappa shape index (κ1) is 8.84. The average molecular weight is 166 g/mol. The van der Waals surface area contributed by atoms with Gasteiger partial charge in [0.1, 0.15) is 5.75 Å². The molecule has 0 radical (unpaired) electrons. The molecule has 1 aromatic rings. The van der Waals surface area contributed by atoms with Crippen molar-refractivity contribution in [1.82, 2.24) is 4.98 Å². The van der Waals surface area contributed by atoms with Gasteiger partial charge in [-0.25, -0.2) is 0 Å². The lowest BCUT2D eigenvalue weighted by Crippen LogP contribution is -2.05. The largest absolute Gasteiger partial charge is 0.489 e. The predicted molar refractivity (Wildman–Crippen MR) is 49.5 cm³/mol. The highest BCUT2D eigenvalue weighted by molar-refractivity contribution is 5.44. The zero-order valence-corrected chi connectivity index (χ0v) is 7.66. The normalized spacial score (nSPS) is 10.0. The Morgan fingerprint density at radius 2 is 2.17 bits per heavy atom. The highest BCUT2D eigenvalue weighted by Gasteiger charge is 1.97. The molecule has 0 aliphatic rings. The van der Waals surface area contributed by atoms with Crippen LogP contribution in [0.2, 0.25) is 0 Å². The van der Waals surface area contributed by atoms with Gasteiger partial charge >= 0.3 is 0 Å². The van der Waals surface area contributed by atoms with Crippen LogP contribution in [0, 0.1) is 0 Å². The molecule has 12 heavy (non-hydrogen) atoms. The van der Waals surface area contributed by atoms with Crippen LogP contribution in [0.25, 0.3) is 0 Å². The first-order valence-electron chi connectivity index (χ1n) is 4.02. The number of rotatable bonds is 3. The zero-order chi connectivity index (χ0) is 8.97. The monoisotopic (exact) mass is 166 g/mol. The number of pyridine rings is 1. The third-order valence-corrected chi connectivity index (χ3v) is 1.37. The smallest absolute Gasteiger partial charge is 0.140 e. The lowest BCUT2D eigenvalue weighted by atomic mass is 10.4. The number of nitrogens with zero attached hydrogens (tertiary/aromatic N) is 1. The number of anilines is 1. The van der Waals surface area contributed by atoms with Crippen molar-refractivity contribution >= 4 is 5.69 Å². The molecule has 3 heteroatoms. The maximum atomic E-state index is 5.45. The summed E-state index contributed by atoms with van der Waals surface area (Å²) in [4.78, 5) is 4.02.